The van der Waals surface area contributed by atoms with Crippen molar-refractivity contribution in [2.45, 2.75) is 32.9 Å². The molecule has 1 aromatic carbocycles. The number of aliphatic imine (C=N–C) groups is 1. The lowest BCUT2D eigenvalue weighted by atomic mass is 10.2. The second-order valence-electron chi connectivity index (χ2n) is 7.04. The number of aromatic nitrogens is 3. The smallest absolute Gasteiger partial charge is 0.194 e. The van der Waals surface area contributed by atoms with Crippen molar-refractivity contribution < 1.29 is 0 Å². The molecule has 0 spiro atoms. The zero-order valence-corrected chi connectivity index (χ0v) is 20.1. The van der Waals surface area contributed by atoms with Crippen LogP contribution in [0, 0.1) is 0 Å². The number of guanidine groups is 1. The molecule has 1 aromatic heterocycles. The molecule has 0 unspecified atom stereocenters. The summed E-state index contributed by atoms with van der Waals surface area (Å²) in [5.74, 6) is 1.04. The van der Waals surface area contributed by atoms with Crippen molar-refractivity contribution in [1.29, 1.82) is 0 Å². The van der Waals surface area contributed by atoms with Crippen LogP contribution in [0.15, 0.2) is 41.9 Å². The van der Waals surface area contributed by atoms with Crippen LogP contribution in [0.1, 0.15) is 25.3 Å². The average molecular weight is 532 g/mol. The summed E-state index contributed by atoms with van der Waals surface area (Å²) >= 11 is 6.10. The van der Waals surface area contributed by atoms with E-state index in [9.17, 15) is 0 Å². The van der Waals surface area contributed by atoms with Gasteiger partial charge in [0.25, 0.3) is 0 Å². The Bertz CT molecular complexity index is 730. The summed E-state index contributed by atoms with van der Waals surface area (Å²) in [5.41, 5.74) is 1.27. The summed E-state index contributed by atoms with van der Waals surface area (Å²) < 4.78 is 2.01. The Morgan fingerprint density at radius 1 is 1.14 bits per heavy atom. The Morgan fingerprint density at radius 3 is 2.59 bits per heavy atom. The number of nitrogens with zero attached hydrogens (tertiary/aromatic N) is 6. The largest absolute Gasteiger partial charge is 0.357 e. The standard InChI is InChI=1S/C20H30ClN7.HI/c1-2-22-20(23-8-3-4-9-27-16-24-25-17-27)28-12-10-26(11-13-28)15-18-6-5-7-19(21)14-18;/h5-7,14,16-17H,2-4,8-13,15H2,1H3,(H,22,23);1H. The highest BCUT2D eigenvalue weighted by Gasteiger charge is 2.19. The first-order valence-corrected chi connectivity index (χ1v) is 10.4. The summed E-state index contributed by atoms with van der Waals surface area (Å²) in [7, 11) is 0. The third kappa shape index (κ3) is 8.10. The average Bonchev–Trinajstić information content (AvgIpc) is 3.21. The molecule has 1 N–H and O–H groups in total. The Morgan fingerprint density at radius 2 is 1.90 bits per heavy atom. The quantitative estimate of drug-likeness (QED) is 0.246. The van der Waals surface area contributed by atoms with Crippen LogP contribution in [-0.4, -0.2) is 69.8 Å². The molecule has 2 heterocycles. The monoisotopic (exact) mass is 531 g/mol. The van der Waals surface area contributed by atoms with Gasteiger partial charge in [0.2, 0.25) is 0 Å². The topological polar surface area (TPSA) is 61.6 Å². The van der Waals surface area contributed by atoms with E-state index >= 15 is 0 Å². The number of aryl methyl sites for hydroxylation is 1. The molecular formula is C20H31ClIN7. The third-order valence-corrected chi connectivity index (χ3v) is 5.09. The molecule has 3 rings (SSSR count). The molecule has 0 radical (unpaired) electrons. The van der Waals surface area contributed by atoms with Gasteiger partial charge in [0.1, 0.15) is 12.7 Å². The summed E-state index contributed by atoms with van der Waals surface area (Å²) in [4.78, 5) is 9.68. The third-order valence-electron chi connectivity index (χ3n) is 4.85. The lowest BCUT2D eigenvalue weighted by molar-refractivity contribution is 0.172. The summed E-state index contributed by atoms with van der Waals surface area (Å²) in [6, 6.07) is 8.14. The Labute approximate surface area is 195 Å². The number of hydrogen-bond acceptors (Lipinski definition) is 4. The number of piperazine rings is 1. The van der Waals surface area contributed by atoms with Gasteiger partial charge in [0.05, 0.1) is 0 Å². The molecule has 0 aliphatic carbocycles. The molecule has 0 atom stereocenters. The van der Waals surface area contributed by atoms with E-state index in [4.69, 9.17) is 16.6 Å². The van der Waals surface area contributed by atoms with Gasteiger partial charge >= 0.3 is 0 Å². The number of benzene rings is 1. The molecule has 0 saturated carbocycles. The van der Waals surface area contributed by atoms with E-state index in [0.717, 1.165) is 76.2 Å². The van der Waals surface area contributed by atoms with Gasteiger partial charge in [-0.15, -0.1) is 34.2 Å². The lowest BCUT2D eigenvalue weighted by Crippen LogP contribution is -2.52. The summed E-state index contributed by atoms with van der Waals surface area (Å²) in [6.07, 6.45) is 5.66. The van der Waals surface area contributed by atoms with Crippen molar-refractivity contribution in [3.63, 3.8) is 0 Å². The second-order valence-corrected chi connectivity index (χ2v) is 7.47. The maximum Gasteiger partial charge on any atom is 0.194 e. The number of nitrogens with one attached hydrogen (secondary N) is 1. The minimum absolute atomic E-state index is 0. The van der Waals surface area contributed by atoms with Gasteiger partial charge in [0, 0.05) is 57.4 Å². The molecule has 1 saturated heterocycles. The first kappa shape index (κ1) is 23.9. The summed E-state index contributed by atoms with van der Waals surface area (Å²) in [6.45, 7) is 9.80. The van der Waals surface area contributed by atoms with Gasteiger partial charge in [0.15, 0.2) is 5.96 Å². The van der Waals surface area contributed by atoms with E-state index < -0.39 is 0 Å². The molecule has 1 fully saturated rings. The van der Waals surface area contributed by atoms with E-state index in [-0.39, 0.29) is 24.0 Å². The van der Waals surface area contributed by atoms with Gasteiger partial charge < -0.3 is 14.8 Å². The van der Waals surface area contributed by atoms with Crippen molar-refractivity contribution in [1.82, 2.24) is 29.9 Å². The summed E-state index contributed by atoms with van der Waals surface area (Å²) in [5, 5.41) is 11.9. The van der Waals surface area contributed by atoms with Gasteiger partial charge in [-0.3, -0.25) is 9.89 Å². The van der Waals surface area contributed by atoms with Crippen molar-refractivity contribution in [3.8, 4) is 0 Å². The predicted molar refractivity (Wildman–Crippen MR) is 129 cm³/mol. The van der Waals surface area contributed by atoms with Gasteiger partial charge in [-0.25, -0.2) is 0 Å². The maximum absolute atomic E-state index is 6.10. The molecule has 1 aliphatic rings. The highest BCUT2D eigenvalue weighted by atomic mass is 127. The van der Waals surface area contributed by atoms with Crippen LogP contribution in [0.4, 0.5) is 0 Å². The van der Waals surface area contributed by atoms with E-state index in [2.05, 4.69) is 44.4 Å². The minimum atomic E-state index is 0. The zero-order valence-electron chi connectivity index (χ0n) is 17.0. The Hall–Kier alpha value is -1.39. The van der Waals surface area contributed by atoms with Crippen LogP contribution in [0.25, 0.3) is 0 Å². The predicted octanol–water partition coefficient (Wildman–Crippen LogP) is 3.11. The lowest BCUT2D eigenvalue weighted by Gasteiger charge is -2.36. The van der Waals surface area contributed by atoms with Crippen LogP contribution in [0.3, 0.4) is 0 Å². The number of unbranched alkanes of at least 4 members (excludes halogenated alkanes) is 1. The number of hydrogen-bond donors (Lipinski definition) is 1. The van der Waals surface area contributed by atoms with Crippen molar-refractivity contribution in [2.24, 2.45) is 4.99 Å². The SMILES string of the molecule is CCNC(=NCCCCn1cnnc1)N1CCN(Cc2cccc(Cl)c2)CC1.I. The van der Waals surface area contributed by atoms with E-state index in [1.54, 1.807) is 12.7 Å². The fourth-order valence-corrected chi connectivity index (χ4v) is 3.58. The van der Waals surface area contributed by atoms with Gasteiger partial charge in [-0.1, -0.05) is 23.7 Å². The highest BCUT2D eigenvalue weighted by Crippen LogP contribution is 2.14. The van der Waals surface area contributed by atoms with Crippen LogP contribution in [0.2, 0.25) is 5.02 Å². The molecule has 0 amide bonds. The Kier molecular flexibility index (Phi) is 10.7. The molecular weight excluding hydrogens is 501 g/mol. The molecule has 29 heavy (non-hydrogen) atoms. The van der Waals surface area contributed by atoms with Crippen molar-refractivity contribution >= 4 is 41.5 Å². The molecule has 7 nitrogen and oxygen atoms in total. The fraction of sp³-hybridized carbons (Fsp3) is 0.550. The number of halogens is 2. The molecule has 9 heteroatoms. The first-order valence-electron chi connectivity index (χ1n) is 10.1. The van der Waals surface area contributed by atoms with Crippen LogP contribution < -0.4 is 5.32 Å². The van der Waals surface area contributed by atoms with Crippen LogP contribution in [0.5, 0.6) is 0 Å². The molecule has 0 bridgehead atoms. The van der Waals surface area contributed by atoms with E-state index in [0.29, 0.717) is 0 Å². The Balaban J connectivity index is 0.00000300. The van der Waals surface area contributed by atoms with Crippen molar-refractivity contribution in [3.05, 3.63) is 47.5 Å². The first-order chi connectivity index (χ1) is 13.7. The molecule has 160 valence electrons. The normalized spacial score (nSPS) is 15.2. The fourth-order valence-electron chi connectivity index (χ4n) is 3.37. The minimum Gasteiger partial charge on any atom is -0.357 e. The highest BCUT2D eigenvalue weighted by molar-refractivity contribution is 14.0. The van der Waals surface area contributed by atoms with E-state index in [1.807, 2.05) is 16.7 Å². The van der Waals surface area contributed by atoms with Gasteiger partial charge in [-0.2, -0.15) is 0 Å². The number of rotatable bonds is 8. The van der Waals surface area contributed by atoms with E-state index in [1.165, 1.54) is 5.56 Å². The zero-order chi connectivity index (χ0) is 19.6. The molecule has 1 aliphatic heterocycles. The second kappa shape index (κ2) is 13.0. The van der Waals surface area contributed by atoms with Crippen molar-refractivity contribution in [2.75, 3.05) is 39.3 Å². The maximum atomic E-state index is 6.10. The molecule has 2 aromatic rings. The van der Waals surface area contributed by atoms with Crippen LogP contribution >= 0.6 is 35.6 Å². The van der Waals surface area contributed by atoms with Crippen LogP contribution in [-0.2, 0) is 13.1 Å². The van der Waals surface area contributed by atoms with Gasteiger partial charge in [-0.05, 0) is 37.5 Å².